The molecule has 6 nitrogen and oxygen atoms in total. The normalized spacial score (nSPS) is 18.0. The molecule has 1 amide bonds. The topological polar surface area (TPSA) is 66.0 Å². The molecule has 1 saturated heterocycles. The Morgan fingerprint density at radius 3 is 2.68 bits per heavy atom. The van der Waals surface area contributed by atoms with Crippen LogP contribution in [0.5, 0.6) is 0 Å². The lowest BCUT2D eigenvalue weighted by Gasteiger charge is -2.24. The van der Waals surface area contributed by atoms with Crippen molar-refractivity contribution >= 4 is 35.8 Å². The van der Waals surface area contributed by atoms with E-state index in [9.17, 15) is 4.79 Å². The van der Waals surface area contributed by atoms with Crippen molar-refractivity contribution in [2.45, 2.75) is 27.2 Å². The van der Waals surface area contributed by atoms with Crippen molar-refractivity contribution in [3.05, 3.63) is 0 Å². The molecular weight excluding hydrogens is 395 g/mol. The fourth-order valence-corrected chi connectivity index (χ4v) is 2.22. The molecule has 2 N–H and O–H groups in total. The summed E-state index contributed by atoms with van der Waals surface area (Å²) >= 11 is 0. The summed E-state index contributed by atoms with van der Waals surface area (Å²) in [6.07, 6.45) is 1.12. The van der Waals surface area contributed by atoms with Crippen LogP contribution in [0, 0.1) is 11.8 Å². The fraction of sp³-hybridized carbons (Fsp3) is 0.867. The number of nitrogens with zero attached hydrogens (tertiary/aromatic N) is 2. The van der Waals surface area contributed by atoms with Crippen LogP contribution in [-0.4, -0.2) is 63.2 Å². The van der Waals surface area contributed by atoms with Crippen LogP contribution in [0.3, 0.4) is 0 Å². The highest BCUT2D eigenvalue weighted by Gasteiger charge is 2.18. The molecule has 0 saturated carbocycles. The fourth-order valence-electron chi connectivity index (χ4n) is 2.22. The number of ether oxygens (including phenoxy) is 1. The molecular formula is C15H31IN4O2. The summed E-state index contributed by atoms with van der Waals surface area (Å²) < 4.78 is 5.41. The molecule has 0 spiro atoms. The van der Waals surface area contributed by atoms with Gasteiger partial charge in [-0.05, 0) is 13.3 Å². The first-order valence-corrected chi connectivity index (χ1v) is 7.89. The molecule has 1 atom stereocenters. The number of halogens is 1. The average Bonchev–Trinajstić information content (AvgIpc) is 2.94. The predicted molar refractivity (Wildman–Crippen MR) is 101 cm³/mol. The Balaban J connectivity index is 0.00000441. The van der Waals surface area contributed by atoms with Gasteiger partial charge in [0.05, 0.1) is 13.2 Å². The first-order chi connectivity index (χ1) is 10.0. The quantitative estimate of drug-likeness (QED) is 0.279. The van der Waals surface area contributed by atoms with Gasteiger partial charge in [-0.25, -0.2) is 0 Å². The number of amides is 1. The SMILES string of the molecule is CCNC(=NCCNC(=O)C(C)C)N(C)CC1CCOC1.I. The summed E-state index contributed by atoms with van der Waals surface area (Å²) in [7, 11) is 2.05. The second-order valence-corrected chi connectivity index (χ2v) is 5.79. The van der Waals surface area contributed by atoms with E-state index < -0.39 is 0 Å². The Hall–Kier alpha value is -0.570. The average molecular weight is 426 g/mol. The molecule has 1 rings (SSSR count). The largest absolute Gasteiger partial charge is 0.381 e. The Labute approximate surface area is 151 Å². The van der Waals surface area contributed by atoms with E-state index >= 15 is 0 Å². The van der Waals surface area contributed by atoms with Gasteiger partial charge in [0, 0.05) is 45.1 Å². The Morgan fingerprint density at radius 2 is 2.14 bits per heavy atom. The molecule has 7 heteroatoms. The van der Waals surface area contributed by atoms with E-state index in [2.05, 4.69) is 27.4 Å². The third-order valence-electron chi connectivity index (χ3n) is 3.45. The van der Waals surface area contributed by atoms with Gasteiger partial charge in [0.1, 0.15) is 0 Å². The number of carbonyl (C=O) groups excluding carboxylic acids is 1. The number of rotatable bonds is 7. The second-order valence-electron chi connectivity index (χ2n) is 5.79. The van der Waals surface area contributed by atoms with Gasteiger partial charge in [0.25, 0.3) is 0 Å². The molecule has 1 fully saturated rings. The monoisotopic (exact) mass is 426 g/mol. The molecule has 22 heavy (non-hydrogen) atoms. The van der Waals surface area contributed by atoms with Gasteiger partial charge in [-0.1, -0.05) is 13.8 Å². The van der Waals surface area contributed by atoms with E-state index in [1.165, 1.54) is 0 Å². The highest BCUT2D eigenvalue weighted by molar-refractivity contribution is 14.0. The van der Waals surface area contributed by atoms with E-state index in [1.807, 2.05) is 20.9 Å². The molecule has 0 aromatic carbocycles. The number of aliphatic imine (C=N–C) groups is 1. The van der Waals surface area contributed by atoms with Crippen LogP contribution in [0.25, 0.3) is 0 Å². The van der Waals surface area contributed by atoms with E-state index in [0.717, 1.165) is 38.7 Å². The van der Waals surface area contributed by atoms with Gasteiger partial charge in [0.15, 0.2) is 5.96 Å². The van der Waals surface area contributed by atoms with Gasteiger partial charge in [-0.3, -0.25) is 9.79 Å². The summed E-state index contributed by atoms with van der Waals surface area (Å²) in [6, 6.07) is 0. The summed E-state index contributed by atoms with van der Waals surface area (Å²) in [5.74, 6) is 1.57. The van der Waals surface area contributed by atoms with Crippen molar-refractivity contribution in [1.82, 2.24) is 15.5 Å². The zero-order valence-corrected chi connectivity index (χ0v) is 16.6. The van der Waals surface area contributed by atoms with E-state index in [-0.39, 0.29) is 35.8 Å². The van der Waals surface area contributed by atoms with E-state index in [4.69, 9.17) is 4.74 Å². The van der Waals surface area contributed by atoms with Gasteiger partial charge in [0.2, 0.25) is 5.91 Å². The lowest BCUT2D eigenvalue weighted by molar-refractivity contribution is -0.123. The van der Waals surface area contributed by atoms with Crippen molar-refractivity contribution in [2.75, 3.05) is 46.4 Å². The number of carbonyl (C=O) groups is 1. The van der Waals surface area contributed by atoms with Crippen molar-refractivity contribution in [2.24, 2.45) is 16.8 Å². The third kappa shape index (κ3) is 8.17. The standard InChI is InChI=1S/C15H30N4O2.HI/c1-5-16-15(18-8-7-17-14(20)12(2)3)19(4)10-13-6-9-21-11-13;/h12-13H,5-11H2,1-4H3,(H,16,18)(H,17,20);1H. The zero-order valence-electron chi connectivity index (χ0n) is 14.2. The molecule has 0 aromatic rings. The Morgan fingerprint density at radius 1 is 1.41 bits per heavy atom. The lowest BCUT2D eigenvalue weighted by Crippen LogP contribution is -2.42. The lowest BCUT2D eigenvalue weighted by atomic mass is 10.1. The second kappa shape index (κ2) is 11.9. The van der Waals surface area contributed by atoms with Crippen molar-refractivity contribution in [3.8, 4) is 0 Å². The Kier molecular flexibility index (Phi) is 11.6. The van der Waals surface area contributed by atoms with Crippen molar-refractivity contribution in [1.29, 1.82) is 0 Å². The van der Waals surface area contributed by atoms with Crippen LogP contribution in [0.4, 0.5) is 0 Å². The smallest absolute Gasteiger partial charge is 0.222 e. The molecule has 0 bridgehead atoms. The van der Waals surface area contributed by atoms with Crippen LogP contribution in [-0.2, 0) is 9.53 Å². The molecule has 0 aromatic heterocycles. The number of hydrogen-bond acceptors (Lipinski definition) is 3. The first kappa shape index (κ1) is 21.4. The number of hydrogen-bond donors (Lipinski definition) is 2. The first-order valence-electron chi connectivity index (χ1n) is 7.89. The van der Waals surface area contributed by atoms with Gasteiger partial charge in [-0.15, -0.1) is 24.0 Å². The molecule has 0 radical (unpaired) electrons. The van der Waals surface area contributed by atoms with Crippen LogP contribution in [0.2, 0.25) is 0 Å². The maximum atomic E-state index is 11.5. The number of guanidine groups is 1. The van der Waals surface area contributed by atoms with Gasteiger partial charge >= 0.3 is 0 Å². The Bertz CT molecular complexity index is 344. The molecule has 130 valence electrons. The maximum absolute atomic E-state index is 11.5. The molecule has 1 aliphatic rings. The van der Waals surface area contributed by atoms with E-state index in [0.29, 0.717) is 19.0 Å². The van der Waals surface area contributed by atoms with Crippen LogP contribution in [0.15, 0.2) is 4.99 Å². The number of nitrogens with one attached hydrogen (secondary N) is 2. The van der Waals surface area contributed by atoms with Crippen molar-refractivity contribution < 1.29 is 9.53 Å². The zero-order chi connectivity index (χ0) is 15.7. The minimum absolute atomic E-state index is 0. The van der Waals surface area contributed by atoms with Crippen LogP contribution >= 0.6 is 24.0 Å². The summed E-state index contributed by atoms with van der Waals surface area (Å²) in [5, 5.41) is 6.17. The van der Waals surface area contributed by atoms with Gasteiger partial charge in [-0.2, -0.15) is 0 Å². The minimum Gasteiger partial charge on any atom is -0.381 e. The van der Waals surface area contributed by atoms with Gasteiger partial charge < -0.3 is 20.3 Å². The molecule has 1 heterocycles. The molecule has 0 aliphatic carbocycles. The summed E-state index contributed by atoms with van der Waals surface area (Å²) in [4.78, 5) is 18.2. The summed E-state index contributed by atoms with van der Waals surface area (Å²) in [5.41, 5.74) is 0. The highest BCUT2D eigenvalue weighted by Crippen LogP contribution is 2.13. The molecule has 1 unspecified atom stereocenters. The maximum Gasteiger partial charge on any atom is 0.222 e. The van der Waals surface area contributed by atoms with Crippen LogP contribution in [0.1, 0.15) is 27.2 Å². The van der Waals surface area contributed by atoms with E-state index in [1.54, 1.807) is 0 Å². The summed E-state index contributed by atoms with van der Waals surface area (Å²) in [6.45, 7) is 10.5. The predicted octanol–water partition coefficient (Wildman–Crippen LogP) is 1.31. The molecule has 1 aliphatic heterocycles. The van der Waals surface area contributed by atoms with Crippen LogP contribution < -0.4 is 10.6 Å². The van der Waals surface area contributed by atoms with Crippen molar-refractivity contribution in [3.63, 3.8) is 0 Å². The highest BCUT2D eigenvalue weighted by atomic mass is 127. The minimum atomic E-state index is 0. The third-order valence-corrected chi connectivity index (χ3v) is 3.45.